The van der Waals surface area contributed by atoms with Crippen molar-refractivity contribution in [3.8, 4) is 0 Å². The van der Waals surface area contributed by atoms with Crippen molar-refractivity contribution < 1.29 is 9.18 Å². The highest BCUT2D eigenvalue weighted by atomic mass is 19.1. The fourth-order valence-electron chi connectivity index (χ4n) is 2.29. The van der Waals surface area contributed by atoms with Crippen molar-refractivity contribution in [1.29, 1.82) is 0 Å². The predicted molar refractivity (Wildman–Crippen MR) is 92.4 cm³/mol. The zero-order chi connectivity index (χ0) is 16.8. The Hall–Kier alpha value is -3.27. The van der Waals surface area contributed by atoms with Gasteiger partial charge in [-0.25, -0.2) is 9.82 Å². The van der Waals surface area contributed by atoms with Gasteiger partial charge in [0, 0.05) is 16.7 Å². The Bertz CT molecular complexity index is 820. The van der Waals surface area contributed by atoms with Gasteiger partial charge in [-0.15, -0.1) is 0 Å². The highest BCUT2D eigenvalue weighted by molar-refractivity contribution is 6.13. The van der Waals surface area contributed by atoms with Crippen LogP contribution in [0.5, 0.6) is 0 Å². The molecule has 3 aromatic rings. The van der Waals surface area contributed by atoms with Gasteiger partial charge in [-0.3, -0.25) is 4.79 Å². The molecule has 118 valence electrons. The summed E-state index contributed by atoms with van der Waals surface area (Å²) in [5, 5.41) is 4.26. The molecule has 0 saturated carbocycles. The van der Waals surface area contributed by atoms with E-state index in [-0.39, 0.29) is 5.56 Å². The topological polar surface area (TPSA) is 41.5 Å². The van der Waals surface area contributed by atoms with Gasteiger partial charge < -0.3 is 0 Å². The first-order chi connectivity index (χ1) is 11.7. The first-order valence-electron chi connectivity index (χ1n) is 7.48. The third-order valence-electron chi connectivity index (χ3n) is 3.45. The van der Waals surface area contributed by atoms with Crippen LogP contribution in [-0.4, -0.2) is 11.6 Å². The van der Waals surface area contributed by atoms with E-state index in [1.54, 1.807) is 6.07 Å². The van der Waals surface area contributed by atoms with Crippen LogP contribution in [0.4, 0.5) is 4.39 Å². The number of nitrogens with one attached hydrogen (secondary N) is 1. The van der Waals surface area contributed by atoms with Gasteiger partial charge in [0.2, 0.25) is 0 Å². The summed E-state index contributed by atoms with van der Waals surface area (Å²) in [5.74, 6) is -0.920. The van der Waals surface area contributed by atoms with Gasteiger partial charge in [0.1, 0.15) is 5.82 Å². The monoisotopic (exact) mass is 318 g/mol. The van der Waals surface area contributed by atoms with Crippen LogP contribution >= 0.6 is 0 Å². The number of benzene rings is 3. The number of hydrazone groups is 1. The fourth-order valence-corrected chi connectivity index (χ4v) is 2.29. The Balaban J connectivity index is 1.91. The lowest BCUT2D eigenvalue weighted by Crippen LogP contribution is -2.20. The van der Waals surface area contributed by atoms with Gasteiger partial charge >= 0.3 is 0 Å². The Kier molecular flexibility index (Phi) is 4.77. The molecule has 1 N–H and O–H groups in total. The summed E-state index contributed by atoms with van der Waals surface area (Å²) < 4.78 is 13.2. The first kappa shape index (κ1) is 15.6. The molecule has 0 bridgehead atoms. The predicted octanol–water partition coefficient (Wildman–Crippen LogP) is 4.01. The zero-order valence-corrected chi connectivity index (χ0v) is 12.8. The van der Waals surface area contributed by atoms with Gasteiger partial charge in [0.15, 0.2) is 0 Å². The van der Waals surface area contributed by atoms with Crippen LogP contribution in [0.15, 0.2) is 90.0 Å². The molecule has 0 saturated heterocycles. The second-order valence-corrected chi connectivity index (χ2v) is 5.14. The molecule has 0 radical (unpaired) electrons. The second kappa shape index (κ2) is 7.33. The SMILES string of the molecule is O=C(NN=C(c1ccccc1)c1ccccc1)c1cccc(F)c1. The summed E-state index contributed by atoms with van der Waals surface area (Å²) in [5.41, 5.74) is 5.12. The lowest BCUT2D eigenvalue weighted by Gasteiger charge is -2.08. The van der Waals surface area contributed by atoms with E-state index in [1.807, 2.05) is 60.7 Å². The average molecular weight is 318 g/mol. The minimum Gasteiger partial charge on any atom is -0.267 e. The third kappa shape index (κ3) is 3.73. The summed E-state index contributed by atoms with van der Waals surface area (Å²) in [7, 11) is 0. The molecule has 0 fully saturated rings. The molecule has 0 unspecified atom stereocenters. The molecule has 4 heteroatoms. The summed E-state index contributed by atoms with van der Waals surface area (Å²) in [6, 6.07) is 24.6. The molecule has 3 nitrogen and oxygen atoms in total. The first-order valence-corrected chi connectivity index (χ1v) is 7.48. The maximum absolute atomic E-state index is 13.2. The van der Waals surface area contributed by atoms with E-state index in [1.165, 1.54) is 18.2 Å². The number of hydrogen-bond acceptors (Lipinski definition) is 2. The van der Waals surface area contributed by atoms with Gasteiger partial charge in [0.25, 0.3) is 5.91 Å². The Morgan fingerprint density at radius 3 is 1.83 bits per heavy atom. The molecule has 0 aliphatic heterocycles. The molecule has 0 aromatic heterocycles. The number of amides is 1. The molecule has 24 heavy (non-hydrogen) atoms. The molecule has 0 heterocycles. The lowest BCUT2D eigenvalue weighted by molar-refractivity contribution is 0.0954. The summed E-state index contributed by atoms with van der Waals surface area (Å²) in [6.07, 6.45) is 0. The van der Waals surface area contributed by atoms with Crippen LogP contribution in [-0.2, 0) is 0 Å². The van der Waals surface area contributed by atoms with E-state index in [0.717, 1.165) is 11.1 Å². The Labute approximate surface area is 139 Å². The molecular formula is C20H15FN2O. The number of nitrogens with zero attached hydrogens (tertiary/aromatic N) is 1. The Morgan fingerprint density at radius 1 is 0.750 bits per heavy atom. The summed E-state index contributed by atoms with van der Waals surface area (Å²) in [4.78, 5) is 12.2. The number of rotatable bonds is 4. The molecule has 0 spiro atoms. The quantitative estimate of drug-likeness (QED) is 0.573. The number of carbonyl (C=O) groups excluding carboxylic acids is 1. The smallest absolute Gasteiger partial charge is 0.267 e. The van der Waals surface area contributed by atoms with Gasteiger partial charge in [-0.1, -0.05) is 66.7 Å². The highest BCUT2D eigenvalue weighted by Crippen LogP contribution is 2.11. The van der Waals surface area contributed by atoms with Crippen molar-refractivity contribution in [2.24, 2.45) is 5.10 Å². The van der Waals surface area contributed by atoms with Crippen LogP contribution < -0.4 is 5.43 Å². The van der Waals surface area contributed by atoms with Crippen molar-refractivity contribution >= 4 is 11.6 Å². The van der Waals surface area contributed by atoms with Crippen LogP contribution in [0, 0.1) is 5.82 Å². The molecule has 0 aliphatic rings. The zero-order valence-electron chi connectivity index (χ0n) is 12.8. The minimum absolute atomic E-state index is 0.222. The van der Waals surface area contributed by atoms with Crippen LogP contribution in [0.2, 0.25) is 0 Å². The molecule has 1 amide bonds. The highest BCUT2D eigenvalue weighted by Gasteiger charge is 2.09. The minimum atomic E-state index is -0.460. The van der Waals surface area contributed by atoms with Crippen LogP contribution in [0.3, 0.4) is 0 Å². The van der Waals surface area contributed by atoms with E-state index in [4.69, 9.17) is 0 Å². The van der Waals surface area contributed by atoms with E-state index < -0.39 is 11.7 Å². The number of hydrogen-bond donors (Lipinski definition) is 1. The van der Waals surface area contributed by atoms with Crippen molar-refractivity contribution in [2.45, 2.75) is 0 Å². The van der Waals surface area contributed by atoms with Gasteiger partial charge in [0.05, 0.1) is 5.71 Å². The van der Waals surface area contributed by atoms with E-state index >= 15 is 0 Å². The number of halogens is 1. The summed E-state index contributed by atoms with van der Waals surface area (Å²) in [6.45, 7) is 0. The maximum atomic E-state index is 13.2. The maximum Gasteiger partial charge on any atom is 0.271 e. The normalized spacial score (nSPS) is 10.0. The lowest BCUT2D eigenvalue weighted by atomic mass is 10.0. The van der Waals surface area contributed by atoms with Crippen LogP contribution in [0.25, 0.3) is 0 Å². The molecule has 0 atom stereocenters. The van der Waals surface area contributed by atoms with E-state index in [0.29, 0.717) is 5.71 Å². The largest absolute Gasteiger partial charge is 0.271 e. The Morgan fingerprint density at radius 2 is 1.29 bits per heavy atom. The molecule has 3 rings (SSSR count). The van der Waals surface area contributed by atoms with Crippen molar-refractivity contribution in [1.82, 2.24) is 5.43 Å². The average Bonchev–Trinajstić information content (AvgIpc) is 2.63. The van der Waals surface area contributed by atoms with Crippen LogP contribution in [0.1, 0.15) is 21.5 Å². The van der Waals surface area contributed by atoms with Gasteiger partial charge in [-0.05, 0) is 18.2 Å². The van der Waals surface area contributed by atoms with Crippen molar-refractivity contribution in [3.05, 3.63) is 107 Å². The summed E-state index contributed by atoms with van der Waals surface area (Å²) >= 11 is 0. The molecular weight excluding hydrogens is 303 g/mol. The van der Waals surface area contributed by atoms with Crippen molar-refractivity contribution in [3.63, 3.8) is 0 Å². The van der Waals surface area contributed by atoms with E-state index in [2.05, 4.69) is 10.5 Å². The standard InChI is InChI=1S/C20H15FN2O/c21-18-13-7-12-17(14-18)20(24)23-22-19(15-8-3-1-4-9-15)16-10-5-2-6-11-16/h1-14H,(H,23,24). The van der Waals surface area contributed by atoms with E-state index in [9.17, 15) is 9.18 Å². The number of carbonyl (C=O) groups is 1. The second-order valence-electron chi connectivity index (χ2n) is 5.14. The molecule has 0 aliphatic carbocycles. The third-order valence-corrected chi connectivity index (χ3v) is 3.45. The van der Waals surface area contributed by atoms with Gasteiger partial charge in [-0.2, -0.15) is 5.10 Å². The fraction of sp³-hybridized carbons (Fsp3) is 0. The van der Waals surface area contributed by atoms with Crippen molar-refractivity contribution in [2.75, 3.05) is 0 Å². The molecule has 3 aromatic carbocycles.